The molecule has 6 heteroatoms. The zero-order chi connectivity index (χ0) is 18.6. The Morgan fingerprint density at radius 3 is 2.23 bits per heavy atom. The van der Waals surface area contributed by atoms with Gasteiger partial charge in [0.25, 0.3) is 0 Å². The first-order valence-electron chi connectivity index (χ1n) is 8.90. The minimum absolute atomic E-state index is 0. The van der Waals surface area contributed by atoms with Crippen LogP contribution in [0.25, 0.3) is 0 Å². The van der Waals surface area contributed by atoms with Crippen molar-refractivity contribution in [3.05, 3.63) is 35.4 Å². The summed E-state index contributed by atoms with van der Waals surface area (Å²) in [5, 5.41) is 6.23. The Kier molecular flexibility index (Phi) is 8.10. The van der Waals surface area contributed by atoms with E-state index in [9.17, 15) is 9.59 Å². The molecule has 0 spiro atoms. The van der Waals surface area contributed by atoms with Gasteiger partial charge >= 0.3 is 5.97 Å². The second-order valence-electron chi connectivity index (χ2n) is 7.92. The summed E-state index contributed by atoms with van der Waals surface area (Å²) in [5.41, 5.74) is 2.20. The van der Waals surface area contributed by atoms with Crippen molar-refractivity contribution in [1.29, 1.82) is 0 Å². The summed E-state index contributed by atoms with van der Waals surface area (Å²) in [5.74, 6) is -0.0549. The van der Waals surface area contributed by atoms with Gasteiger partial charge < -0.3 is 15.4 Å². The monoisotopic (exact) mass is 382 g/mol. The van der Waals surface area contributed by atoms with E-state index in [2.05, 4.69) is 43.5 Å². The highest BCUT2D eigenvalue weighted by atomic mass is 35.5. The molecule has 1 saturated heterocycles. The number of rotatable bonds is 6. The Hall–Kier alpha value is -1.59. The molecule has 2 unspecified atom stereocenters. The van der Waals surface area contributed by atoms with Gasteiger partial charge in [-0.2, -0.15) is 0 Å². The van der Waals surface area contributed by atoms with Gasteiger partial charge in [-0.05, 0) is 35.5 Å². The van der Waals surface area contributed by atoms with Gasteiger partial charge in [0, 0.05) is 5.92 Å². The number of ether oxygens (including phenoxy) is 1. The highest BCUT2D eigenvalue weighted by Crippen LogP contribution is 2.26. The van der Waals surface area contributed by atoms with Crippen molar-refractivity contribution in [3.63, 3.8) is 0 Å². The first-order valence-corrected chi connectivity index (χ1v) is 8.90. The molecule has 5 nitrogen and oxygen atoms in total. The van der Waals surface area contributed by atoms with Crippen LogP contribution < -0.4 is 10.6 Å². The largest absolute Gasteiger partial charge is 0.469 e. The predicted molar refractivity (Wildman–Crippen MR) is 105 cm³/mol. The molecular formula is C20H31ClN2O3. The summed E-state index contributed by atoms with van der Waals surface area (Å²) >= 11 is 0. The summed E-state index contributed by atoms with van der Waals surface area (Å²) < 4.78 is 4.80. The lowest BCUT2D eigenvalue weighted by Gasteiger charge is -2.32. The van der Waals surface area contributed by atoms with Crippen molar-refractivity contribution >= 4 is 24.3 Å². The molecular weight excluding hydrogens is 352 g/mol. The SMILES string of the molecule is COC(=O)CC(NC(=O)C(C)C1CNC1)c1ccc(C(C)(C)C)cc1.Cl. The van der Waals surface area contributed by atoms with Crippen LogP contribution >= 0.6 is 12.4 Å². The van der Waals surface area contributed by atoms with E-state index in [1.807, 2.05) is 19.1 Å². The predicted octanol–water partition coefficient (Wildman–Crippen LogP) is 2.98. The van der Waals surface area contributed by atoms with E-state index in [4.69, 9.17) is 4.74 Å². The Labute approximate surface area is 162 Å². The highest BCUT2D eigenvalue weighted by molar-refractivity contribution is 5.85. The average molecular weight is 383 g/mol. The number of methoxy groups -OCH3 is 1. The second-order valence-corrected chi connectivity index (χ2v) is 7.92. The van der Waals surface area contributed by atoms with Crippen LogP contribution in [0, 0.1) is 11.8 Å². The van der Waals surface area contributed by atoms with Crippen LogP contribution in [0.2, 0.25) is 0 Å². The summed E-state index contributed by atoms with van der Waals surface area (Å²) in [7, 11) is 1.37. The summed E-state index contributed by atoms with van der Waals surface area (Å²) in [4.78, 5) is 24.4. The number of hydrogen-bond donors (Lipinski definition) is 2. The summed E-state index contributed by atoms with van der Waals surface area (Å²) in [6.45, 7) is 10.2. The molecule has 0 radical (unpaired) electrons. The lowest BCUT2D eigenvalue weighted by molar-refractivity contribution is -0.141. The van der Waals surface area contributed by atoms with Gasteiger partial charge in [-0.25, -0.2) is 0 Å². The molecule has 26 heavy (non-hydrogen) atoms. The Morgan fingerprint density at radius 2 is 1.81 bits per heavy atom. The Morgan fingerprint density at radius 1 is 1.23 bits per heavy atom. The van der Waals surface area contributed by atoms with Crippen LogP contribution in [-0.4, -0.2) is 32.1 Å². The molecule has 1 heterocycles. The van der Waals surface area contributed by atoms with Crippen LogP contribution in [0.4, 0.5) is 0 Å². The molecule has 1 aromatic rings. The Bertz CT molecular complexity index is 606. The fourth-order valence-corrected chi connectivity index (χ4v) is 2.90. The molecule has 1 amide bonds. The fourth-order valence-electron chi connectivity index (χ4n) is 2.90. The maximum atomic E-state index is 12.6. The Balaban J connectivity index is 0.00000338. The maximum Gasteiger partial charge on any atom is 0.307 e. The highest BCUT2D eigenvalue weighted by Gasteiger charge is 2.30. The van der Waals surface area contributed by atoms with Gasteiger partial charge in [0.05, 0.1) is 19.6 Å². The van der Waals surface area contributed by atoms with E-state index in [0.29, 0.717) is 5.92 Å². The molecule has 0 aromatic heterocycles. The number of benzene rings is 1. The normalized spacial score (nSPS) is 16.7. The van der Waals surface area contributed by atoms with Crippen LogP contribution in [-0.2, 0) is 19.7 Å². The van der Waals surface area contributed by atoms with Crippen molar-refractivity contribution in [2.24, 2.45) is 11.8 Å². The molecule has 0 bridgehead atoms. The minimum Gasteiger partial charge on any atom is -0.469 e. The van der Waals surface area contributed by atoms with E-state index < -0.39 is 0 Å². The number of carbonyl (C=O) groups is 2. The van der Waals surface area contributed by atoms with Gasteiger partial charge in [0.15, 0.2) is 0 Å². The van der Waals surface area contributed by atoms with Crippen LogP contribution in [0.3, 0.4) is 0 Å². The van der Waals surface area contributed by atoms with Gasteiger partial charge in [-0.1, -0.05) is 52.0 Å². The number of hydrogen-bond acceptors (Lipinski definition) is 4. The van der Waals surface area contributed by atoms with Gasteiger partial charge in [-0.15, -0.1) is 12.4 Å². The lowest BCUT2D eigenvalue weighted by atomic mass is 9.85. The third kappa shape index (κ3) is 5.71. The molecule has 0 saturated carbocycles. The molecule has 1 aliphatic rings. The third-order valence-electron chi connectivity index (χ3n) is 5.03. The van der Waals surface area contributed by atoms with Crippen molar-refractivity contribution < 1.29 is 14.3 Å². The topological polar surface area (TPSA) is 67.4 Å². The maximum absolute atomic E-state index is 12.6. The molecule has 1 fully saturated rings. The standard InChI is InChI=1S/C20H30N2O3.ClH/c1-13(15-11-21-12-15)19(24)22-17(10-18(23)25-5)14-6-8-16(9-7-14)20(2,3)4;/h6-9,13,15,17,21H,10-12H2,1-5H3,(H,22,24);1H. The van der Waals surface area contributed by atoms with E-state index in [0.717, 1.165) is 18.7 Å². The van der Waals surface area contributed by atoms with Crippen LogP contribution in [0.1, 0.15) is 51.3 Å². The van der Waals surface area contributed by atoms with Crippen LogP contribution in [0.15, 0.2) is 24.3 Å². The first-order chi connectivity index (χ1) is 11.7. The summed E-state index contributed by atoms with van der Waals surface area (Å²) in [6.07, 6.45) is 0.132. The van der Waals surface area contributed by atoms with E-state index in [1.54, 1.807) is 0 Å². The first kappa shape index (κ1) is 22.5. The zero-order valence-electron chi connectivity index (χ0n) is 16.3. The third-order valence-corrected chi connectivity index (χ3v) is 5.03. The minimum atomic E-state index is -0.371. The quantitative estimate of drug-likeness (QED) is 0.742. The van der Waals surface area contributed by atoms with Crippen LogP contribution in [0.5, 0.6) is 0 Å². The molecule has 1 aliphatic heterocycles. The number of nitrogens with one attached hydrogen (secondary N) is 2. The molecule has 2 N–H and O–H groups in total. The van der Waals surface area contributed by atoms with E-state index in [-0.39, 0.29) is 48.1 Å². The molecule has 2 atom stereocenters. The molecule has 1 aromatic carbocycles. The second kappa shape index (κ2) is 9.38. The molecule has 2 rings (SSSR count). The van der Waals surface area contributed by atoms with Crippen molar-refractivity contribution in [3.8, 4) is 0 Å². The molecule has 146 valence electrons. The zero-order valence-corrected chi connectivity index (χ0v) is 17.1. The van der Waals surface area contributed by atoms with Crippen molar-refractivity contribution in [1.82, 2.24) is 10.6 Å². The molecule has 0 aliphatic carbocycles. The number of halogens is 1. The summed E-state index contributed by atoms with van der Waals surface area (Å²) in [6, 6.07) is 7.73. The average Bonchev–Trinajstić information content (AvgIpc) is 2.51. The van der Waals surface area contributed by atoms with Gasteiger partial charge in [0.1, 0.15) is 0 Å². The van der Waals surface area contributed by atoms with E-state index >= 15 is 0 Å². The number of amides is 1. The number of esters is 1. The number of carbonyl (C=O) groups excluding carboxylic acids is 2. The lowest BCUT2D eigenvalue weighted by Crippen LogP contribution is -2.50. The smallest absolute Gasteiger partial charge is 0.307 e. The van der Waals surface area contributed by atoms with Gasteiger partial charge in [0.2, 0.25) is 5.91 Å². The van der Waals surface area contributed by atoms with Crippen molar-refractivity contribution in [2.75, 3.05) is 20.2 Å². The fraction of sp³-hybridized carbons (Fsp3) is 0.600. The van der Waals surface area contributed by atoms with Gasteiger partial charge in [-0.3, -0.25) is 9.59 Å². The van der Waals surface area contributed by atoms with E-state index in [1.165, 1.54) is 12.7 Å². The van der Waals surface area contributed by atoms with Crippen molar-refractivity contribution in [2.45, 2.75) is 45.6 Å².